The number of amides is 1. The molecule has 1 aromatic carbocycles. The van der Waals surface area contributed by atoms with Gasteiger partial charge in [0.05, 0.1) is 12.6 Å². The number of methoxy groups -OCH3 is 1. The lowest BCUT2D eigenvalue weighted by Crippen LogP contribution is -2.57. The van der Waals surface area contributed by atoms with Crippen LogP contribution >= 0.6 is 0 Å². The minimum absolute atomic E-state index is 0.183. The van der Waals surface area contributed by atoms with Gasteiger partial charge in [-0.15, -0.1) is 0 Å². The van der Waals surface area contributed by atoms with Crippen LogP contribution in [-0.2, 0) is 4.79 Å². The van der Waals surface area contributed by atoms with Crippen LogP contribution in [0.1, 0.15) is 39.7 Å². The monoisotopic (exact) mass is 303 g/mol. The van der Waals surface area contributed by atoms with Gasteiger partial charge in [-0.1, -0.05) is 13.0 Å². The van der Waals surface area contributed by atoms with Crippen molar-refractivity contribution < 1.29 is 9.53 Å². The summed E-state index contributed by atoms with van der Waals surface area (Å²) in [5.41, 5.74) is 5.30. The molecule has 2 rings (SSSR count). The Labute approximate surface area is 132 Å². The third-order valence-corrected chi connectivity index (χ3v) is 4.22. The van der Waals surface area contributed by atoms with E-state index in [1.807, 2.05) is 25.1 Å². The molecule has 1 amide bonds. The van der Waals surface area contributed by atoms with Crippen LogP contribution in [-0.4, -0.2) is 24.6 Å². The van der Waals surface area contributed by atoms with Crippen LogP contribution in [0.15, 0.2) is 24.3 Å². The smallest absolute Gasteiger partial charge is 0.256 e. The van der Waals surface area contributed by atoms with E-state index < -0.39 is 0 Å². The van der Waals surface area contributed by atoms with Gasteiger partial charge in [-0.2, -0.15) is 0 Å². The first kappa shape index (κ1) is 16.4. The molecule has 0 fully saturated rings. The van der Waals surface area contributed by atoms with Crippen molar-refractivity contribution in [1.82, 2.24) is 5.43 Å². The van der Waals surface area contributed by atoms with Gasteiger partial charge in [0.15, 0.2) is 0 Å². The number of carbonyl (C=O) groups excluding carboxylic acids is 1. The van der Waals surface area contributed by atoms with Crippen LogP contribution in [0.3, 0.4) is 0 Å². The molecule has 5 nitrogen and oxygen atoms in total. The molecular weight excluding hydrogens is 278 g/mol. The fourth-order valence-corrected chi connectivity index (χ4v) is 3.31. The molecule has 1 aromatic rings. The van der Waals surface area contributed by atoms with Gasteiger partial charge >= 0.3 is 0 Å². The number of hydrazine groups is 1. The normalized spacial score (nSPS) is 17.4. The Bertz CT molecular complexity index is 608. The number of carbonyl (C=O) groups is 1. The number of ether oxygens (including phenoxy) is 1. The van der Waals surface area contributed by atoms with Gasteiger partial charge in [-0.3, -0.25) is 10.2 Å². The standard InChI is InChI=1S/C17H25N3O2/c1-6-14(16(21)19-18)20-15-9-12(22-5)7-8-13(15)11(2)10-17(20,3)4/h7-10,14H,6,18H2,1-5H3,(H,19,21). The van der Waals surface area contributed by atoms with Crippen molar-refractivity contribution in [2.45, 2.75) is 45.7 Å². The maximum absolute atomic E-state index is 12.2. The first-order valence-corrected chi connectivity index (χ1v) is 7.53. The molecular formula is C17H25N3O2. The van der Waals surface area contributed by atoms with Crippen LogP contribution in [0.25, 0.3) is 5.57 Å². The van der Waals surface area contributed by atoms with Crippen LogP contribution in [0.2, 0.25) is 0 Å². The van der Waals surface area contributed by atoms with E-state index in [2.05, 4.69) is 37.2 Å². The first-order chi connectivity index (χ1) is 10.4. The average Bonchev–Trinajstić information content (AvgIpc) is 2.49. The molecule has 1 unspecified atom stereocenters. The quantitative estimate of drug-likeness (QED) is 0.509. The lowest BCUT2D eigenvalue weighted by atomic mass is 9.86. The second-order valence-corrected chi connectivity index (χ2v) is 6.17. The fourth-order valence-electron chi connectivity index (χ4n) is 3.31. The van der Waals surface area contributed by atoms with Gasteiger partial charge in [0.25, 0.3) is 5.91 Å². The van der Waals surface area contributed by atoms with Crippen LogP contribution in [0.4, 0.5) is 5.69 Å². The zero-order valence-corrected chi connectivity index (χ0v) is 13.9. The Morgan fingerprint density at radius 2 is 2.14 bits per heavy atom. The number of anilines is 1. The second kappa shape index (κ2) is 6.01. The van der Waals surface area contributed by atoms with Crippen molar-refractivity contribution in [3.8, 4) is 5.75 Å². The Balaban J connectivity index is 2.64. The first-order valence-electron chi connectivity index (χ1n) is 7.53. The van der Waals surface area contributed by atoms with E-state index in [1.165, 1.54) is 5.57 Å². The Kier molecular flexibility index (Phi) is 4.47. The maximum atomic E-state index is 12.2. The molecule has 5 heteroatoms. The number of rotatable bonds is 4. The molecule has 22 heavy (non-hydrogen) atoms. The van der Waals surface area contributed by atoms with Crippen molar-refractivity contribution in [3.05, 3.63) is 29.8 Å². The third-order valence-electron chi connectivity index (χ3n) is 4.22. The molecule has 0 saturated heterocycles. The summed E-state index contributed by atoms with van der Waals surface area (Å²) in [7, 11) is 1.65. The van der Waals surface area contributed by atoms with E-state index in [4.69, 9.17) is 10.6 Å². The van der Waals surface area contributed by atoms with Crippen LogP contribution in [0.5, 0.6) is 5.75 Å². The summed E-state index contributed by atoms with van der Waals surface area (Å²) in [5, 5.41) is 0. The second-order valence-electron chi connectivity index (χ2n) is 6.17. The van der Waals surface area contributed by atoms with E-state index in [1.54, 1.807) is 7.11 Å². The van der Waals surface area contributed by atoms with Gasteiger partial charge in [0, 0.05) is 17.3 Å². The zero-order valence-electron chi connectivity index (χ0n) is 13.9. The highest BCUT2D eigenvalue weighted by atomic mass is 16.5. The summed E-state index contributed by atoms with van der Waals surface area (Å²) in [6.07, 6.45) is 2.85. The largest absolute Gasteiger partial charge is 0.497 e. The van der Waals surface area contributed by atoms with E-state index >= 15 is 0 Å². The molecule has 1 aliphatic rings. The average molecular weight is 303 g/mol. The molecule has 120 valence electrons. The molecule has 0 spiro atoms. The molecule has 3 N–H and O–H groups in total. The summed E-state index contributed by atoms with van der Waals surface area (Å²) in [5.74, 6) is 5.97. The number of nitrogens with zero attached hydrogens (tertiary/aromatic N) is 1. The molecule has 0 radical (unpaired) electrons. The molecule has 1 heterocycles. The highest BCUT2D eigenvalue weighted by Crippen LogP contribution is 2.42. The third kappa shape index (κ3) is 2.68. The minimum Gasteiger partial charge on any atom is -0.497 e. The van der Waals surface area contributed by atoms with Gasteiger partial charge < -0.3 is 9.64 Å². The summed E-state index contributed by atoms with van der Waals surface area (Å²) in [4.78, 5) is 14.4. The Hall–Kier alpha value is -2.01. The number of nitrogens with two attached hydrogens (primary N) is 1. The summed E-state index contributed by atoms with van der Waals surface area (Å²) >= 11 is 0. The summed E-state index contributed by atoms with van der Waals surface area (Å²) < 4.78 is 5.36. The molecule has 0 bridgehead atoms. The Morgan fingerprint density at radius 3 is 2.68 bits per heavy atom. The summed E-state index contributed by atoms with van der Waals surface area (Å²) in [6.45, 7) is 8.28. The van der Waals surface area contributed by atoms with E-state index in [0.29, 0.717) is 6.42 Å². The zero-order chi connectivity index (χ0) is 16.5. The summed E-state index contributed by atoms with van der Waals surface area (Å²) in [6, 6.07) is 5.63. The topological polar surface area (TPSA) is 67.6 Å². The molecule has 0 aliphatic carbocycles. The van der Waals surface area contributed by atoms with E-state index in [-0.39, 0.29) is 17.5 Å². The highest BCUT2D eigenvalue weighted by Gasteiger charge is 2.38. The lowest BCUT2D eigenvalue weighted by molar-refractivity contribution is -0.122. The highest BCUT2D eigenvalue weighted by molar-refractivity contribution is 5.90. The number of allylic oxidation sites excluding steroid dienone is 1. The van der Waals surface area contributed by atoms with Gasteiger partial charge in [-0.05, 0) is 44.9 Å². The minimum atomic E-state index is -0.338. The van der Waals surface area contributed by atoms with Crippen molar-refractivity contribution in [2.75, 3.05) is 12.0 Å². The molecule has 1 aliphatic heterocycles. The van der Waals surface area contributed by atoms with Crippen LogP contribution < -0.4 is 20.9 Å². The predicted molar refractivity (Wildman–Crippen MR) is 89.6 cm³/mol. The number of hydrogen-bond acceptors (Lipinski definition) is 4. The lowest BCUT2D eigenvalue weighted by Gasteiger charge is -2.47. The number of nitrogens with one attached hydrogen (secondary N) is 1. The molecule has 0 aromatic heterocycles. The number of benzene rings is 1. The van der Waals surface area contributed by atoms with Gasteiger partial charge in [-0.25, -0.2) is 5.84 Å². The van der Waals surface area contributed by atoms with E-state index in [0.717, 1.165) is 17.0 Å². The van der Waals surface area contributed by atoms with Crippen molar-refractivity contribution in [2.24, 2.45) is 5.84 Å². The van der Waals surface area contributed by atoms with Crippen molar-refractivity contribution in [1.29, 1.82) is 0 Å². The van der Waals surface area contributed by atoms with Crippen molar-refractivity contribution in [3.63, 3.8) is 0 Å². The van der Waals surface area contributed by atoms with Gasteiger partial charge in [0.1, 0.15) is 11.8 Å². The van der Waals surface area contributed by atoms with Gasteiger partial charge in [0.2, 0.25) is 0 Å². The van der Waals surface area contributed by atoms with E-state index in [9.17, 15) is 4.79 Å². The predicted octanol–water partition coefficient (Wildman–Crippen LogP) is 2.47. The van der Waals surface area contributed by atoms with Crippen molar-refractivity contribution >= 4 is 17.2 Å². The Morgan fingerprint density at radius 1 is 1.45 bits per heavy atom. The molecule has 0 saturated carbocycles. The fraction of sp³-hybridized carbons (Fsp3) is 0.471. The number of fused-ring (bicyclic) bond motifs is 1. The SMILES string of the molecule is CCC(C(=O)NN)N1c2cc(OC)ccc2C(C)=CC1(C)C. The number of hydrogen-bond donors (Lipinski definition) is 2. The van der Waals surface area contributed by atoms with Crippen LogP contribution in [0, 0.1) is 0 Å². The molecule has 1 atom stereocenters. The maximum Gasteiger partial charge on any atom is 0.256 e.